The van der Waals surface area contributed by atoms with Gasteiger partial charge in [0.05, 0.1) is 0 Å². The Balaban J connectivity index is 1.72. The highest BCUT2D eigenvalue weighted by atomic mass is 15.0. The Morgan fingerprint density at radius 3 is 1.39 bits per heavy atom. The lowest BCUT2D eigenvalue weighted by atomic mass is 9.99. The first-order chi connectivity index (χ1) is 15.3. The predicted molar refractivity (Wildman–Crippen MR) is 126 cm³/mol. The number of benzene rings is 4. The molecule has 0 aliphatic rings. The van der Waals surface area contributed by atoms with Crippen LogP contribution in [0.3, 0.4) is 0 Å². The number of rotatable bonds is 4. The number of anilines is 1. The maximum absolute atomic E-state index is 5.89. The summed E-state index contributed by atoms with van der Waals surface area (Å²) in [6, 6.07) is 36.0. The van der Waals surface area contributed by atoms with E-state index in [0.29, 0.717) is 17.5 Å². The van der Waals surface area contributed by atoms with Gasteiger partial charge in [0, 0.05) is 22.4 Å². The van der Waals surface area contributed by atoms with E-state index in [1.807, 2.05) is 103 Å². The summed E-state index contributed by atoms with van der Waals surface area (Å²) in [7, 11) is 0. The Hall–Kier alpha value is -4.31. The van der Waals surface area contributed by atoms with Gasteiger partial charge >= 0.3 is 0 Å². The highest BCUT2D eigenvalue weighted by Gasteiger charge is 2.15. The molecule has 5 aromatic rings. The molecule has 0 unspecified atom stereocenters. The van der Waals surface area contributed by atoms with Gasteiger partial charge in [0.1, 0.15) is 0 Å². The molecule has 148 valence electrons. The van der Waals surface area contributed by atoms with Gasteiger partial charge in [-0.2, -0.15) is 0 Å². The van der Waals surface area contributed by atoms with Crippen molar-refractivity contribution in [1.29, 1.82) is 0 Å². The summed E-state index contributed by atoms with van der Waals surface area (Å²) in [4.78, 5) is 14.5. The van der Waals surface area contributed by atoms with Gasteiger partial charge in [0.2, 0.25) is 0 Å². The van der Waals surface area contributed by atoms with Gasteiger partial charge in [0.25, 0.3) is 0 Å². The Kier molecular flexibility index (Phi) is 4.95. The van der Waals surface area contributed by atoms with Crippen molar-refractivity contribution >= 4 is 5.69 Å². The first kappa shape index (κ1) is 18.7. The molecule has 0 saturated carbocycles. The van der Waals surface area contributed by atoms with Gasteiger partial charge in [-0.3, -0.25) is 0 Å². The predicted octanol–water partition coefficient (Wildman–Crippen LogP) is 6.12. The molecule has 1 heterocycles. The summed E-state index contributed by atoms with van der Waals surface area (Å²) in [6.07, 6.45) is 0. The Labute approximate surface area is 181 Å². The van der Waals surface area contributed by atoms with Crippen molar-refractivity contribution < 1.29 is 0 Å². The zero-order chi connectivity index (χ0) is 21.0. The van der Waals surface area contributed by atoms with Gasteiger partial charge < -0.3 is 5.73 Å². The van der Waals surface area contributed by atoms with Crippen LogP contribution >= 0.6 is 0 Å². The number of hydrogen-bond donors (Lipinski definition) is 1. The number of nitrogens with zero attached hydrogens (tertiary/aromatic N) is 3. The molecule has 0 aliphatic heterocycles. The average molecular weight is 400 g/mol. The number of nitrogen functional groups attached to an aromatic ring is 1. The van der Waals surface area contributed by atoms with Gasteiger partial charge in [-0.05, 0) is 23.3 Å². The van der Waals surface area contributed by atoms with Crippen molar-refractivity contribution in [3.63, 3.8) is 0 Å². The zero-order valence-corrected chi connectivity index (χ0v) is 16.8. The highest BCUT2D eigenvalue weighted by molar-refractivity contribution is 5.82. The normalized spacial score (nSPS) is 10.7. The summed E-state index contributed by atoms with van der Waals surface area (Å²) < 4.78 is 0. The largest absolute Gasteiger partial charge is 0.399 e. The number of hydrogen-bond acceptors (Lipinski definition) is 4. The molecule has 0 saturated heterocycles. The molecular formula is C27H20N4. The fraction of sp³-hybridized carbons (Fsp3) is 0. The highest BCUT2D eigenvalue weighted by Crippen LogP contribution is 2.32. The molecule has 31 heavy (non-hydrogen) atoms. The number of aromatic nitrogens is 3. The molecule has 0 bridgehead atoms. The van der Waals surface area contributed by atoms with Crippen LogP contribution in [0.5, 0.6) is 0 Å². The second kappa shape index (κ2) is 8.20. The van der Waals surface area contributed by atoms with Crippen LogP contribution < -0.4 is 5.73 Å². The molecule has 4 nitrogen and oxygen atoms in total. The molecular weight excluding hydrogens is 380 g/mol. The third-order valence-electron chi connectivity index (χ3n) is 5.09. The Morgan fingerprint density at radius 1 is 0.387 bits per heavy atom. The van der Waals surface area contributed by atoms with Gasteiger partial charge in [-0.15, -0.1) is 0 Å². The summed E-state index contributed by atoms with van der Waals surface area (Å²) in [5, 5.41) is 0. The standard InChI is InChI=1S/C27H20N4/c28-22-17-15-19(16-18-22)23-13-7-8-14-24(23)27-30-25(20-9-3-1-4-10-20)29-26(31-27)21-11-5-2-6-12-21/h1-18H,28H2. The van der Waals surface area contributed by atoms with Crippen LogP contribution in [0.2, 0.25) is 0 Å². The SMILES string of the molecule is Nc1ccc(-c2ccccc2-c2nc(-c3ccccc3)nc(-c3ccccc3)n2)cc1. The molecule has 0 aliphatic carbocycles. The van der Waals surface area contributed by atoms with Gasteiger partial charge in [0.15, 0.2) is 17.5 Å². The van der Waals surface area contributed by atoms with Crippen molar-refractivity contribution in [2.24, 2.45) is 0 Å². The van der Waals surface area contributed by atoms with Crippen LogP contribution in [-0.2, 0) is 0 Å². The first-order valence-corrected chi connectivity index (χ1v) is 10.1. The zero-order valence-electron chi connectivity index (χ0n) is 16.8. The van der Waals surface area contributed by atoms with E-state index >= 15 is 0 Å². The second-order valence-corrected chi connectivity index (χ2v) is 7.21. The lowest BCUT2D eigenvalue weighted by Crippen LogP contribution is -2.01. The van der Waals surface area contributed by atoms with Crippen LogP contribution in [0.1, 0.15) is 0 Å². The second-order valence-electron chi connectivity index (χ2n) is 7.21. The van der Waals surface area contributed by atoms with Gasteiger partial charge in [-0.1, -0.05) is 97.1 Å². The van der Waals surface area contributed by atoms with Gasteiger partial charge in [-0.25, -0.2) is 15.0 Å². The Morgan fingerprint density at radius 2 is 0.839 bits per heavy atom. The monoisotopic (exact) mass is 400 g/mol. The minimum absolute atomic E-state index is 0.639. The molecule has 0 spiro atoms. The smallest absolute Gasteiger partial charge is 0.164 e. The van der Waals surface area contributed by atoms with E-state index in [2.05, 4.69) is 6.07 Å². The van der Waals surface area contributed by atoms with Crippen molar-refractivity contribution in [3.05, 3.63) is 109 Å². The summed E-state index contributed by atoms with van der Waals surface area (Å²) in [5.41, 5.74) is 11.6. The van der Waals surface area contributed by atoms with E-state index in [0.717, 1.165) is 33.5 Å². The van der Waals surface area contributed by atoms with Crippen molar-refractivity contribution in [1.82, 2.24) is 15.0 Å². The van der Waals surface area contributed by atoms with E-state index in [1.54, 1.807) is 0 Å². The lowest BCUT2D eigenvalue weighted by molar-refractivity contribution is 1.07. The van der Waals surface area contributed by atoms with Crippen LogP contribution in [0.25, 0.3) is 45.3 Å². The third kappa shape index (κ3) is 3.91. The molecule has 4 aromatic carbocycles. The fourth-order valence-electron chi connectivity index (χ4n) is 3.52. The lowest BCUT2D eigenvalue weighted by Gasteiger charge is -2.12. The van der Waals surface area contributed by atoms with Crippen molar-refractivity contribution in [2.75, 3.05) is 5.73 Å². The van der Waals surface area contributed by atoms with Crippen LogP contribution in [0.4, 0.5) is 5.69 Å². The van der Waals surface area contributed by atoms with E-state index in [9.17, 15) is 0 Å². The van der Waals surface area contributed by atoms with E-state index in [-0.39, 0.29) is 0 Å². The molecule has 0 atom stereocenters. The van der Waals surface area contributed by atoms with Crippen molar-refractivity contribution in [2.45, 2.75) is 0 Å². The van der Waals surface area contributed by atoms with Crippen LogP contribution in [0.15, 0.2) is 109 Å². The van der Waals surface area contributed by atoms with Crippen LogP contribution in [-0.4, -0.2) is 15.0 Å². The maximum atomic E-state index is 5.89. The summed E-state index contributed by atoms with van der Waals surface area (Å²) >= 11 is 0. The molecule has 2 N–H and O–H groups in total. The third-order valence-corrected chi connectivity index (χ3v) is 5.09. The summed E-state index contributed by atoms with van der Waals surface area (Å²) in [6.45, 7) is 0. The molecule has 5 rings (SSSR count). The maximum Gasteiger partial charge on any atom is 0.164 e. The molecule has 0 amide bonds. The first-order valence-electron chi connectivity index (χ1n) is 10.1. The molecule has 0 fully saturated rings. The molecule has 1 aromatic heterocycles. The van der Waals surface area contributed by atoms with Crippen molar-refractivity contribution in [3.8, 4) is 45.3 Å². The minimum Gasteiger partial charge on any atom is -0.399 e. The van der Waals surface area contributed by atoms with Crippen LogP contribution in [0, 0.1) is 0 Å². The van der Waals surface area contributed by atoms with E-state index in [1.165, 1.54) is 0 Å². The van der Waals surface area contributed by atoms with E-state index in [4.69, 9.17) is 20.7 Å². The quantitative estimate of drug-likeness (QED) is 0.369. The summed E-state index contributed by atoms with van der Waals surface area (Å²) in [5.74, 6) is 1.94. The topological polar surface area (TPSA) is 64.7 Å². The van der Waals surface area contributed by atoms with E-state index < -0.39 is 0 Å². The molecule has 4 heteroatoms. The minimum atomic E-state index is 0.639. The fourth-order valence-corrected chi connectivity index (χ4v) is 3.52. The number of nitrogens with two attached hydrogens (primary N) is 1. The Bertz CT molecular complexity index is 1260. The molecule has 0 radical (unpaired) electrons. The average Bonchev–Trinajstić information content (AvgIpc) is 2.85.